The largest absolute Gasteiger partial charge is 0.300 e. The molecule has 6 saturated carbocycles. The van der Waals surface area contributed by atoms with Crippen LogP contribution in [0.5, 0.6) is 0 Å². The number of ketones is 4. The third-order valence-corrected chi connectivity index (χ3v) is 16.9. The summed E-state index contributed by atoms with van der Waals surface area (Å²) in [6.07, 6.45) is 11.3. The molecule has 50 heavy (non-hydrogen) atoms. The van der Waals surface area contributed by atoms with Crippen LogP contribution >= 0.6 is 0 Å². The summed E-state index contributed by atoms with van der Waals surface area (Å²) in [5, 5.41) is 0. The second-order valence-electron chi connectivity index (χ2n) is 19.0. The van der Waals surface area contributed by atoms with Crippen LogP contribution in [0.1, 0.15) is 131 Å². The molecule has 6 fully saturated rings. The molecule has 0 unspecified atom stereocenters. The number of fused-ring (bicyclic) bond motifs is 10. The second kappa shape index (κ2) is 11.7. The minimum absolute atomic E-state index is 0.0322. The van der Waals surface area contributed by atoms with Crippen molar-refractivity contribution in [1.82, 2.24) is 0 Å². The summed E-state index contributed by atoms with van der Waals surface area (Å²) in [5.41, 5.74) is -1.16. The lowest BCUT2D eigenvalue weighted by atomic mass is 9.46. The molecule has 8 heteroatoms. The molecule has 0 amide bonds. The van der Waals surface area contributed by atoms with Crippen LogP contribution in [-0.4, -0.2) is 35.0 Å². The number of alkyl halides is 4. The van der Waals surface area contributed by atoms with Gasteiger partial charge in [-0.2, -0.15) is 0 Å². The topological polar surface area (TPSA) is 68.3 Å². The molecule has 0 aliphatic heterocycles. The van der Waals surface area contributed by atoms with Crippen molar-refractivity contribution in [2.75, 3.05) is 0 Å². The van der Waals surface area contributed by atoms with Crippen molar-refractivity contribution in [3.8, 4) is 0 Å². The van der Waals surface area contributed by atoms with Gasteiger partial charge in [-0.1, -0.05) is 27.7 Å². The average molecular weight is 701 g/mol. The van der Waals surface area contributed by atoms with Crippen LogP contribution in [0.3, 0.4) is 0 Å². The van der Waals surface area contributed by atoms with E-state index in [9.17, 15) is 19.2 Å². The van der Waals surface area contributed by atoms with E-state index < -0.39 is 22.7 Å². The van der Waals surface area contributed by atoms with Gasteiger partial charge < -0.3 is 0 Å². The molecule has 0 bridgehead atoms. The highest BCUT2D eigenvalue weighted by molar-refractivity contribution is 5.92. The quantitative estimate of drug-likeness (QED) is 0.269. The molecule has 8 aliphatic carbocycles. The molecular formula is C42H56F4O4. The van der Waals surface area contributed by atoms with E-state index in [1.54, 1.807) is 13.8 Å². The van der Waals surface area contributed by atoms with Gasteiger partial charge in [-0.15, -0.1) is 0 Å². The summed E-state index contributed by atoms with van der Waals surface area (Å²) in [6, 6.07) is 0. The van der Waals surface area contributed by atoms with E-state index in [0.717, 1.165) is 51.4 Å². The van der Waals surface area contributed by atoms with E-state index >= 15 is 17.6 Å². The first-order chi connectivity index (χ1) is 23.2. The van der Waals surface area contributed by atoms with Crippen molar-refractivity contribution >= 4 is 23.1 Å². The number of allylic oxidation sites excluding steroid dienone is 2. The standard InChI is InChI=1S/2C21H28F2O2/c2*1-12(24)15-4-5-16-14-11-21(22,23)18-10-13(25)6-8-20(18,3)17(14)7-9-19(15,16)2/h2*10,14-17H,4-9,11H2,1-3H3/t2*14-,15+,16-,17-,19+,20+/m00/s1. The minimum atomic E-state index is -2.89. The van der Waals surface area contributed by atoms with Gasteiger partial charge in [0, 0.05) is 48.7 Å². The minimum Gasteiger partial charge on any atom is -0.300 e. The average Bonchev–Trinajstić information content (AvgIpc) is 3.57. The van der Waals surface area contributed by atoms with E-state index in [2.05, 4.69) is 13.8 Å². The molecule has 4 nitrogen and oxygen atoms in total. The fraction of sp³-hybridized carbons (Fsp3) is 0.810. The molecule has 0 heterocycles. The summed E-state index contributed by atoms with van der Waals surface area (Å²) in [6.45, 7) is 11.6. The third kappa shape index (κ3) is 5.16. The lowest BCUT2D eigenvalue weighted by Gasteiger charge is -2.59. The monoisotopic (exact) mass is 700 g/mol. The summed E-state index contributed by atoms with van der Waals surface area (Å²) >= 11 is 0. The van der Waals surface area contributed by atoms with Crippen LogP contribution in [0.2, 0.25) is 0 Å². The smallest absolute Gasteiger partial charge is 0.270 e. The Hall–Kier alpha value is -2.12. The van der Waals surface area contributed by atoms with Crippen LogP contribution in [0.15, 0.2) is 23.3 Å². The highest BCUT2D eigenvalue weighted by atomic mass is 19.3. The van der Waals surface area contributed by atoms with Crippen molar-refractivity contribution in [1.29, 1.82) is 0 Å². The van der Waals surface area contributed by atoms with Gasteiger partial charge >= 0.3 is 0 Å². The third-order valence-electron chi connectivity index (χ3n) is 16.9. The predicted octanol–water partition coefficient (Wildman–Crippen LogP) is 9.94. The highest BCUT2D eigenvalue weighted by Crippen LogP contribution is 2.70. The fourth-order valence-corrected chi connectivity index (χ4v) is 14.5. The van der Waals surface area contributed by atoms with Crippen LogP contribution < -0.4 is 0 Å². The number of rotatable bonds is 2. The first kappa shape index (κ1) is 36.2. The van der Waals surface area contributed by atoms with Crippen LogP contribution in [0.4, 0.5) is 17.6 Å². The van der Waals surface area contributed by atoms with Crippen molar-refractivity contribution in [3.05, 3.63) is 23.3 Å². The van der Waals surface area contributed by atoms with Gasteiger partial charge in [-0.25, -0.2) is 17.6 Å². The maximum absolute atomic E-state index is 15.1. The molecule has 12 atom stereocenters. The normalized spacial score (nSPS) is 48.2. The number of carbonyl (C=O) groups is 4. The molecule has 0 radical (unpaired) electrons. The Balaban J connectivity index is 0.000000157. The second-order valence-corrected chi connectivity index (χ2v) is 19.0. The Morgan fingerprint density at radius 2 is 0.920 bits per heavy atom. The highest BCUT2D eigenvalue weighted by Gasteiger charge is 2.67. The fourth-order valence-electron chi connectivity index (χ4n) is 14.5. The lowest BCUT2D eigenvalue weighted by molar-refractivity contribution is -0.142. The summed E-state index contributed by atoms with van der Waals surface area (Å²) in [7, 11) is 0. The number of carbonyl (C=O) groups excluding carboxylic acids is 4. The van der Waals surface area contributed by atoms with E-state index in [4.69, 9.17) is 0 Å². The van der Waals surface area contributed by atoms with Crippen molar-refractivity contribution in [2.45, 2.75) is 143 Å². The summed E-state index contributed by atoms with van der Waals surface area (Å²) in [5.74, 6) is -4.78. The van der Waals surface area contributed by atoms with Crippen molar-refractivity contribution in [2.24, 2.45) is 69.0 Å². The molecule has 0 aromatic heterocycles. The molecule has 8 aliphatic rings. The van der Waals surface area contributed by atoms with Gasteiger partial charge in [-0.05, 0) is 147 Å². The number of Topliss-reactive ketones (excluding diaryl/α,β-unsaturated/α-hetero) is 2. The first-order valence-electron chi connectivity index (χ1n) is 19.5. The Labute approximate surface area is 295 Å². The van der Waals surface area contributed by atoms with Gasteiger partial charge in [-0.3, -0.25) is 19.2 Å². The van der Waals surface area contributed by atoms with Crippen molar-refractivity contribution < 1.29 is 36.7 Å². The Bertz CT molecular complexity index is 1450. The van der Waals surface area contributed by atoms with Gasteiger partial charge in [0.2, 0.25) is 0 Å². The zero-order valence-corrected chi connectivity index (χ0v) is 30.8. The lowest BCUT2D eigenvalue weighted by Crippen LogP contribution is -2.56. The van der Waals surface area contributed by atoms with E-state index in [-0.39, 0.29) is 105 Å². The maximum atomic E-state index is 15.1. The van der Waals surface area contributed by atoms with Crippen molar-refractivity contribution in [3.63, 3.8) is 0 Å². The molecule has 276 valence electrons. The van der Waals surface area contributed by atoms with Crippen LogP contribution in [0, 0.1) is 69.0 Å². The molecule has 0 N–H and O–H groups in total. The van der Waals surface area contributed by atoms with E-state index in [0.29, 0.717) is 25.7 Å². The first-order valence-corrected chi connectivity index (χ1v) is 19.5. The van der Waals surface area contributed by atoms with Gasteiger partial charge in [0.25, 0.3) is 11.8 Å². The number of halogens is 4. The van der Waals surface area contributed by atoms with Gasteiger partial charge in [0.15, 0.2) is 11.6 Å². The number of hydrogen-bond acceptors (Lipinski definition) is 4. The zero-order chi connectivity index (χ0) is 36.4. The van der Waals surface area contributed by atoms with E-state index in [1.165, 1.54) is 12.2 Å². The Kier molecular flexibility index (Phi) is 8.47. The van der Waals surface area contributed by atoms with Crippen LogP contribution in [-0.2, 0) is 19.2 Å². The SMILES string of the molecule is CC(=O)[C@H]1CC[C@H]2[C@@H]3CC(F)(F)C4=CC(=O)CC[C@]4(C)[C@H]3CC[C@]12C.CC(=O)[C@H]1CC[C@H]2[C@@H]3CC(F)(F)C4=CC(=O)CC[C@]4(C)[C@H]3CC[C@]12C. The van der Waals surface area contributed by atoms with Gasteiger partial charge in [0.1, 0.15) is 11.6 Å². The molecule has 0 saturated heterocycles. The van der Waals surface area contributed by atoms with E-state index in [1.807, 2.05) is 13.8 Å². The zero-order valence-electron chi connectivity index (χ0n) is 30.8. The molecule has 0 aromatic rings. The summed E-state index contributed by atoms with van der Waals surface area (Å²) in [4.78, 5) is 47.9. The number of hydrogen-bond donors (Lipinski definition) is 0. The molecule has 0 aromatic carbocycles. The molecule has 0 spiro atoms. The Morgan fingerprint density at radius 3 is 1.26 bits per heavy atom. The Morgan fingerprint density at radius 1 is 0.560 bits per heavy atom. The van der Waals surface area contributed by atoms with Gasteiger partial charge in [0.05, 0.1) is 0 Å². The predicted molar refractivity (Wildman–Crippen MR) is 182 cm³/mol. The molecule has 8 rings (SSSR count). The maximum Gasteiger partial charge on any atom is 0.270 e. The molecular weight excluding hydrogens is 644 g/mol. The summed E-state index contributed by atoms with van der Waals surface area (Å²) < 4.78 is 60.3. The van der Waals surface area contributed by atoms with Crippen LogP contribution in [0.25, 0.3) is 0 Å².